The number of imide groups is 1. The SMILES string of the molecule is CCOc1cc([C@H]2c3sc(=O)[nH]c3SC3C4CC(C5C(=O)N(c6ccccc6)C(=O)C45)C32)ccc1OCC(=O)Nc1cccc(C(F)(F)F)c1. The van der Waals surface area contributed by atoms with Gasteiger partial charge < -0.3 is 19.8 Å². The quantitative estimate of drug-likeness (QED) is 0.198. The van der Waals surface area contributed by atoms with E-state index in [0.717, 1.165) is 45.4 Å². The van der Waals surface area contributed by atoms with Crippen LogP contribution < -0.4 is 24.6 Å². The molecule has 0 spiro atoms. The Kier molecular flexibility index (Phi) is 8.05. The molecule has 14 heteroatoms. The van der Waals surface area contributed by atoms with Gasteiger partial charge in [0.05, 0.1) is 34.7 Å². The van der Waals surface area contributed by atoms with Crippen LogP contribution in [0.2, 0.25) is 0 Å². The summed E-state index contributed by atoms with van der Waals surface area (Å²) >= 11 is 2.75. The van der Waals surface area contributed by atoms with Crippen molar-refractivity contribution in [2.45, 2.75) is 35.7 Å². The van der Waals surface area contributed by atoms with Gasteiger partial charge in [0.2, 0.25) is 11.8 Å². The van der Waals surface area contributed by atoms with E-state index in [0.29, 0.717) is 11.4 Å². The van der Waals surface area contributed by atoms with Gasteiger partial charge in [0.15, 0.2) is 18.1 Å². The number of fused-ring (bicyclic) bond motifs is 9. The van der Waals surface area contributed by atoms with Gasteiger partial charge in [-0.2, -0.15) is 13.2 Å². The summed E-state index contributed by atoms with van der Waals surface area (Å²) in [7, 11) is 0. The van der Waals surface area contributed by atoms with Gasteiger partial charge in [-0.05, 0) is 79.1 Å². The number of hydrogen-bond acceptors (Lipinski definition) is 8. The van der Waals surface area contributed by atoms with Crippen molar-refractivity contribution in [3.8, 4) is 11.5 Å². The number of hydrogen-bond donors (Lipinski definition) is 2. The van der Waals surface area contributed by atoms with E-state index in [1.54, 1.807) is 36.9 Å². The maximum atomic E-state index is 14.0. The first-order valence-electron chi connectivity index (χ1n) is 16.2. The lowest BCUT2D eigenvalue weighted by Gasteiger charge is -2.43. The van der Waals surface area contributed by atoms with Crippen LogP contribution in [0.25, 0.3) is 0 Å². The fourth-order valence-corrected chi connectivity index (χ4v) is 11.3. The molecule has 3 fully saturated rings. The van der Waals surface area contributed by atoms with Crippen LogP contribution in [0.5, 0.6) is 11.5 Å². The minimum absolute atomic E-state index is 0.00230. The van der Waals surface area contributed by atoms with Gasteiger partial charge in [0.25, 0.3) is 5.91 Å². The van der Waals surface area contributed by atoms with Crippen molar-refractivity contribution < 1.29 is 37.0 Å². The first-order chi connectivity index (χ1) is 24.0. The Balaban J connectivity index is 1.07. The van der Waals surface area contributed by atoms with E-state index in [1.165, 1.54) is 17.0 Å². The van der Waals surface area contributed by atoms with E-state index in [-0.39, 0.29) is 63.7 Å². The van der Waals surface area contributed by atoms with Crippen molar-refractivity contribution in [3.05, 3.63) is 98.5 Å². The Morgan fingerprint density at radius 1 is 0.940 bits per heavy atom. The Hall–Kier alpha value is -4.56. The third-order valence-electron chi connectivity index (χ3n) is 10.2. The number of para-hydroxylation sites is 1. The van der Waals surface area contributed by atoms with Crippen LogP contribution in [0.1, 0.15) is 35.3 Å². The molecule has 3 aromatic carbocycles. The van der Waals surface area contributed by atoms with Crippen molar-refractivity contribution in [1.82, 2.24) is 4.98 Å². The zero-order chi connectivity index (χ0) is 34.9. The molecule has 6 unspecified atom stereocenters. The smallest absolute Gasteiger partial charge is 0.416 e. The van der Waals surface area contributed by atoms with E-state index in [1.807, 2.05) is 30.3 Å². The summed E-state index contributed by atoms with van der Waals surface area (Å²) in [5.74, 6) is -1.61. The first kappa shape index (κ1) is 32.6. The number of rotatable bonds is 8. The molecule has 3 heterocycles. The molecule has 2 saturated carbocycles. The third-order valence-corrected chi connectivity index (χ3v) is 12.8. The number of carbonyl (C=O) groups is 3. The Morgan fingerprint density at radius 2 is 1.70 bits per heavy atom. The van der Waals surface area contributed by atoms with Crippen molar-refractivity contribution in [3.63, 3.8) is 0 Å². The number of H-pyrrole nitrogens is 1. The summed E-state index contributed by atoms with van der Waals surface area (Å²) in [4.78, 5) is 58.2. The third kappa shape index (κ3) is 5.39. The highest BCUT2D eigenvalue weighted by Gasteiger charge is 2.69. The Labute approximate surface area is 292 Å². The molecule has 2 aliphatic carbocycles. The number of thiazole rings is 1. The monoisotopic (exact) mass is 721 g/mol. The minimum atomic E-state index is -4.55. The van der Waals surface area contributed by atoms with E-state index < -0.39 is 36.1 Å². The second kappa shape index (κ2) is 12.3. The van der Waals surface area contributed by atoms with Gasteiger partial charge in [-0.15, -0.1) is 11.8 Å². The van der Waals surface area contributed by atoms with E-state index in [9.17, 15) is 32.3 Å². The van der Waals surface area contributed by atoms with Crippen LogP contribution in [0, 0.1) is 29.6 Å². The molecule has 4 aromatic rings. The van der Waals surface area contributed by atoms with Gasteiger partial charge in [-0.1, -0.05) is 41.7 Å². The van der Waals surface area contributed by atoms with Crippen molar-refractivity contribution in [1.29, 1.82) is 0 Å². The summed E-state index contributed by atoms with van der Waals surface area (Å²) in [6, 6.07) is 18.7. The molecule has 4 aliphatic rings. The molecule has 2 N–H and O–H groups in total. The van der Waals surface area contributed by atoms with Crippen molar-refractivity contribution in [2.24, 2.45) is 29.6 Å². The van der Waals surface area contributed by atoms with Crippen molar-refractivity contribution >= 4 is 52.2 Å². The van der Waals surface area contributed by atoms with Gasteiger partial charge in [-0.25, -0.2) is 0 Å². The number of nitrogens with one attached hydrogen (secondary N) is 2. The van der Waals surface area contributed by atoms with E-state index in [4.69, 9.17) is 9.47 Å². The van der Waals surface area contributed by atoms with Crippen LogP contribution in [0.15, 0.2) is 82.6 Å². The number of ether oxygens (including phenoxy) is 2. The number of aromatic nitrogens is 1. The van der Waals surface area contributed by atoms with Crippen LogP contribution in [0.3, 0.4) is 0 Å². The molecule has 9 nitrogen and oxygen atoms in total. The standard InChI is InChI=1S/C36H30F3N3O6S2/c1-2-47-24-13-17(11-12-23(24)48-16-25(43)40-19-8-6-7-18(14-19)36(37,38)39)26-27-21-15-22(30(27)49-32-31(26)50-35(46)41-32)29-28(21)33(44)42(34(29)45)20-9-4-3-5-10-20/h3-14,21-22,26-30H,2,15-16H2,1H3,(H,40,43)(H,41,46)/t21?,22?,26-,27?,28?,29?,30?/m1/s1. The molecule has 50 heavy (non-hydrogen) atoms. The largest absolute Gasteiger partial charge is 0.490 e. The fraction of sp³-hybridized carbons (Fsp3) is 0.333. The van der Waals surface area contributed by atoms with Crippen LogP contribution >= 0.6 is 23.1 Å². The van der Waals surface area contributed by atoms with Gasteiger partial charge >= 0.3 is 11.0 Å². The molecular weight excluding hydrogens is 692 g/mol. The number of thioether (sulfide) groups is 1. The summed E-state index contributed by atoms with van der Waals surface area (Å²) in [6.07, 6.45) is -3.81. The lowest BCUT2D eigenvalue weighted by molar-refractivity contribution is -0.137. The molecular formula is C36H30F3N3O6S2. The first-order valence-corrected chi connectivity index (χ1v) is 17.9. The molecule has 8 rings (SSSR count). The molecule has 0 radical (unpaired) electrons. The molecule has 1 saturated heterocycles. The normalized spacial score (nSPS) is 26.4. The zero-order valence-electron chi connectivity index (χ0n) is 26.4. The summed E-state index contributed by atoms with van der Waals surface area (Å²) in [5.41, 5.74) is 0.532. The molecule has 7 atom stereocenters. The van der Waals surface area contributed by atoms with E-state index in [2.05, 4.69) is 10.3 Å². The molecule has 2 aliphatic heterocycles. The van der Waals surface area contributed by atoms with Crippen LogP contribution in [-0.2, 0) is 20.6 Å². The average Bonchev–Trinajstić information content (AvgIpc) is 3.83. The minimum Gasteiger partial charge on any atom is -0.490 e. The summed E-state index contributed by atoms with van der Waals surface area (Å²) in [5, 5.41) is 3.21. The second-order valence-corrected chi connectivity index (χ2v) is 15.1. The van der Waals surface area contributed by atoms with Crippen LogP contribution in [-0.4, -0.2) is 41.2 Å². The number of amides is 3. The van der Waals surface area contributed by atoms with Crippen LogP contribution in [0.4, 0.5) is 24.5 Å². The number of carbonyl (C=O) groups excluding carboxylic acids is 3. The highest BCUT2D eigenvalue weighted by Crippen LogP contribution is 2.68. The highest BCUT2D eigenvalue weighted by molar-refractivity contribution is 8.00. The lowest BCUT2D eigenvalue weighted by atomic mass is 9.68. The highest BCUT2D eigenvalue weighted by atomic mass is 32.2. The molecule has 1 aromatic heterocycles. The molecule has 3 amide bonds. The van der Waals surface area contributed by atoms with Gasteiger partial charge in [-0.3, -0.25) is 24.1 Å². The number of alkyl halides is 3. The maximum Gasteiger partial charge on any atom is 0.416 e. The number of nitrogens with zero attached hydrogens (tertiary/aromatic N) is 1. The number of halogens is 3. The topological polar surface area (TPSA) is 118 Å². The Bertz CT molecular complexity index is 2070. The number of aromatic amines is 1. The summed E-state index contributed by atoms with van der Waals surface area (Å²) < 4.78 is 51.1. The second-order valence-electron chi connectivity index (χ2n) is 12.9. The Morgan fingerprint density at radius 3 is 2.44 bits per heavy atom. The molecule has 2 bridgehead atoms. The van der Waals surface area contributed by atoms with E-state index >= 15 is 0 Å². The number of anilines is 2. The predicted octanol–water partition coefficient (Wildman–Crippen LogP) is 6.55. The fourth-order valence-electron chi connectivity index (χ4n) is 8.44. The molecule has 258 valence electrons. The number of benzene rings is 3. The average molecular weight is 722 g/mol. The zero-order valence-corrected chi connectivity index (χ0v) is 28.1. The lowest BCUT2D eigenvalue weighted by Crippen LogP contribution is -2.42. The summed E-state index contributed by atoms with van der Waals surface area (Å²) in [6.45, 7) is 1.61. The maximum absolute atomic E-state index is 14.0. The van der Waals surface area contributed by atoms with Crippen molar-refractivity contribution in [2.75, 3.05) is 23.4 Å². The van der Waals surface area contributed by atoms with Gasteiger partial charge in [0.1, 0.15) is 0 Å². The van der Waals surface area contributed by atoms with Gasteiger partial charge in [0, 0.05) is 21.7 Å². The predicted molar refractivity (Wildman–Crippen MR) is 181 cm³/mol.